The van der Waals surface area contributed by atoms with Gasteiger partial charge >= 0.3 is 0 Å². The third-order valence-electron chi connectivity index (χ3n) is 3.90. The summed E-state index contributed by atoms with van der Waals surface area (Å²) >= 11 is 0. The highest BCUT2D eigenvalue weighted by Gasteiger charge is 2.13. The van der Waals surface area contributed by atoms with Crippen LogP contribution in [0, 0.1) is 5.92 Å². The summed E-state index contributed by atoms with van der Waals surface area (Å²) in [5, 5.41) is 9.23. The van der Waals surface area contributed by atoms with E-state index < -0.39 is 0 Å². The summed E-state index contributed by atoms with van der Waals surface area (Å²) in [5.41, 5.74) is 0. The number of rotatable bonds is 9. The second-order valence-corrected chi connectivity index (χ2v) is 5.82. The number of nitrogens with zero attached hydrogens (tertiary/aromatic N) is 1. The van der Waals surface area contributed by atoms with Crippen LogP contribution in [-0.4, -0.2) is 38.0 Å². The Labute approximate surface area is 129 Å². The summed E-state index contributed by atoms with van der Waals surface area (Å²) in [5.74, 6) is 1.84. The van der Waals surface area contributed by atoms with E-state index in [9.17, 15) is 4.79 Å². The molecule has 1 rings (SSSR count). The van der Waals surface area contributed by atoms with E-state index >= 15 is 0 Å². The van der Waals surface area contributed by atoms with Gasteiger partial charge in [-0.15, -0.1) is 0 Å². The molecular weight excluding hydrogens is 264 g/mol. The van der Waals surface area contributed by atoms with E-state index in [1.807, 2.05) is 0 Å². The van der Waals surface area contributed by atoms with Gasteiger partial charge in [-0.25, -0.2) is 0 Å². The van der Waals surface area contributed by atoms with Crippen molar-refractivity contribution in [2.24, 2.45) is 10.9 Å². The number of guanidine groups is 1. The first-order valence-corrected chi connectivity index (χ1v) is 8.49. The summed E-state index contributed by atoms with van der Waals surface area (Å²) in [6.45, 7) is 6.65. The maximum atomic E-state index is 10.8. The van der Waals surface area contributed by atoms with Gasteiger partial charge in [0.2, 0.25) is 5.91 Å². The van der Waals surface area contributed by atoms with Gasteiger partial charge < -0.3 is 16.0 Å². The molecule has 1 saturated carbocycles. The second-order valence-electron chi connectivity index (χ2n) is 5.82. The van der Waals surface area contributed by atoms with Crippen molar-refractivity contribution in [3.05, 3.63) is 0 Å². The molecule has 0 aromatic heterocycles. The van der Waals surface area contributed by atoms with Gasteiger partial charge in [-0.3, -0.25) is 9.79 Å². The number of hydrogen-bond donors (Lipinski definition) is 3. The Morgan fingerprint density at radius 2 is 1.81 bits per heavy atom. The Bertz CT molecular complexity index is 311. The number of carbonyl (C=O) groups is 1. The fourth-order valence-electron chi connectivity index (χ4n) is 2.80. The molecule has 1 fully saturated rings. The van der Waals surface area contributed by atoms with E-state index in [0.717, 1.165) is 25.0 Å². The van der Waals surface area contributed by atoms with Gasteiger partial charge in [0.1, 0.15) is 0 Å². The first-order valence-electron chi connectivity index (χ1n) is 8.49. The maximum absolute atomic E-state index is 10.8. The van der Waals surface area contributed by atoms with Crippen LogP contribution < -0.4 is 16.0 Å². The van der Waals surface area contributed by atoms with Crippen LogP contribution in [0.3, 0.4) is 0 Å². The lowest BCUT2D eigenvalue weighted by Gasteiger charge is -2.11. The predicted octanol–water partition coefficient (Wildman–Crippen LogP) is 2.04. The fraction of sp³-hybridized carbons (Fsp3) is 0.875. The molecule has 0 atom stereocenters. The molecule has 1 aliphatic rings. The highest BCUT2D eigenvalue weighted by Crippen LogP contribution is 2.28. The van der Waals surface area contributed by atoms with Crippen LogP contribution in [-0.2, 0) is 4.79 Å². The molecule has 5 heteroatoms. The molecule has 0 bridgehead atoms. The number of unbranched alkanes of at least 4 members (excludes halogenated alkanes) is 1. The van der Waals surface area contributed by atoms with Gasteiger partial charge in [0.05, 0.1) is 0 Å². The zero-order valence-electron chi connectivity index (χ0n) is 13.7. The van der Waals surface area contributed by atoms with Crippen LogP contribution in [0.15, 0.2) is 4.99 Å². The van der Waals surface area contributed by atoms with Crippen LogP contribution >= 0.6 is 0 Å². The van der Waals surface area contributed by atoms with Crippen molar-refractivity contribution in [1.82, 2.24) is 16.0 Å². The summed E-state index contributed by atoms with van der Waals surface area (Å²) in [7, 11) is 0. The van der Waals surface area contributed by atoms with Crippen molar-refractivity contribution >= 4 is 11.9 Å². The second kappa shape index (κ2) is 11.4. The average molecular weight is 296 g/mol. The summed E-state index contributed by atoms with van der Waals surface area (Å²) in [6.07, 6.45) is 9.59. The lowest BCUT2D eigenvalue weighted by atomic mass is 10.0. The first-order chi connectivity index (χ1) is 10.2. The zero-order valence-corrected chi connectivity index (χ0v) is 13.7. The smallest absolute Gasteiger partial charge is 0.216 e. The quantitative estimate of drug-likeness (QED) is 0.346. The average Bonchev–Trinajstić information content (AvgIpc) is 2.96. The number of amides is 1. The SMILES string of the molecule is CCNC(=NCCCCC1CCCC1)NCCNC(C)=O. The van der Waals surface area contributed by atoms with E-state index in [0.29, 0.717) is 13.1 Å². The summed E-state index contributed by atoms with van der Waals surface area (Å²) < 4.78 is 0. The van der Waals surface area contributed by atoms with Crippen molar-refractivity contribution in [1.29, 1.82) is 0 Å². The van der Waals surface area contributed by atoms with Crippen LogP contribution in [0.1, 0.15) is 58.8 Å². The molecule has 0 aromatic rings. The number of nitrogens with one attached hydrogen (secondary N) is 3. The number of aliphatic imine (C=N–C) groups is 1. The maximum Gasteiger partial charge on any atom is 0.216 e. The van der Waals surface area contributed by atoms with Gasteiger partial charge in [-0.1, -0.05) is 38.5 Å². The van der Waals surface area contributed by atoms with E-state index in [4.69, 9.17) is 0 Å². The molecule has 1 aliphatic carbocycles. The largest absolute Gasteiger partial charge is 0.357 e. The van der Waals surface area contributed by atoms with Crippen molar-refractivity contribution in [2.75, 3.05) is 26.2 Å². The molecule has 0 saturated heterocycles. The van der Waals surface area contributed by atoms with Crippen molar-refractivity contribution in [3.8, 4) is 0 Å². The Balaban J connectivity index is 2.10. The first kappa shape index (κ1) is 17.8. The van der Waals surface area contributed by atoms with Crippen LogP contribution in [0.2, 0.25) is 0 Å². The lowest BCUT2D eigenvalue weighted by Crippen LogP contribution is -2.41. The van der Waals surface area contributed by atoms with Crippen molar-refractivity contribution in [3.63, 3.8) is 0 Å². The molecule has 21 heavy (non-hydrogen) atoms. The minimum atomic E-state index is 0.00523. The molecule has 3 N–H and O–H groups in total. The fourth-order valence-corrected chi connectivity index (χ4v) is 2.80. The Morgan fingerprint density at radius 1 is 1.10 bits per heavy atom. The molecule has 0 heterocycles. The van der Waals surface area contributed by atoms with Gasteiger partial charge in [0.25, 0.3) is 0 Å². The number of carbonyl (C=O) groups excluding carboxylic acids is 1. The Hall–Kier alpha value is -1.26. The molecule has 1 amide bonds. The van der Waals surface area contributed by atoms with Gasteiger partial charge in [-0.2, -0.15) is 0 Å². The van der Waals surface area contributed by atoms with E-state index in [1.54, 1.807) is 0 Å². The minimum absolute atomic E-state index is 0.00523. The highest BCUT2D eigenvalue weighted by molar-refractivity contribution is 5.79. The molecule has 0 aliphatic heterocycles. The highest BCUT2D eigenvalue weighted by atomic mass is 16.1. The lowest BCUT2D eigenvalue weighted by molar-refractivity contribution is -0.118. The van der Waals surface area contributed by atoms with E-state index in [-0.39, 0.29) is 5.91 Å². The van der Waals surface area contributed by atoms with Crippen molar-refractivity contribution < 1.29 is 4.79 Å². The molecular formula is C16H32N4O. The number of hydrogen-bond acceptors (Lipinski definition) is 2. The third kappa shape index (κ3) is 9.32. The molecule has 5 nitrogen and oxygen atoms in total. The van der Waals surface area contributed by atoms with E-state index in [2.05, 4.69) is 27.9 Å². The van der Waals surface area contributed by atoms with Crippen LogP contribution in [0.25, 0.3) is 0 Å². The van der Waals surface area contributed by atoms with Crippen molar-refractivity contribution in [2.45, 2.75) is 58.8 Å². The normalized spacial score (nSPS) is 16.0. The summed E-state index contributed by atoms with van der Waals surface area (Å²) in [4.78, 5) is 15.4. The third-order valence-corrected chi connectivity index (χ3v) is 3.90. The van der Waals surface area contributed by atoms with E-state index in [1.165, 1.54) is 51.9 Å². The Kier molecular flexibility index (Phi) is 9.66. The summed E-state index contributed by atoms with van der Waals surface area (Å²) in [6, 6.07) is 0. The topological polar surface area (TPSA) is 65.5 Å². The minimum Gasteiger partial charge on any atom is -0.357 e. The van der Waals surface area contributed by atoms with Gasteiger partial charge in [0.15, 0.2) is 5.96 Å². The Morgan fingerprint density at radius 3 is 2.48 bits per heavy atom. The molecule has 122 valence electrons. The molecule has 0 spiro atoms. The molecule has 0 aromatic carbocycles. The monoisotopic (exact) mass is 296 g/mol. The van der Waals surface area contributed by atoms with Crippen LogP contribution in [0.4, 0.5) is 0 Å². The molecule has 0 radical (unpaired) electrons. The van der Waals surface area contributed by atoms with Crippen LogP contribution in [0.5, 0.6) is 0 Å². The van der Waals surface area contributed by atoms with Gasteiger partial charge in [0, 0.05) is 33.1 Å². The standard InChI is InChI=1S/C16H32N4O/c1-3-17-16(20-13-12-18-14(2)21)19-11-7-6-10-15-8-4-5-9-15/h15H,3-13H2,1-2H3,(H,18,21)(H2,17,19,20). The predicted molar refractivity (Wildman–Crippen MR) is 88.5 cm³/mol. The molecule has 0 unspecified atom stereocenters. The van der Waals surface area contributed by atoms with Gasteiger partial charge in [-0.05, 0) is 19.3 Å². The zero-order chi connectivity index (χ0) is 15.3.